The molecular formula is C13H16ClNO3. The number of aliphatic carboxylic acids is 1. The summed E-state index contributed by atoms with van der Waals surface area (Å²) in [6.45, 7) is 3.55. The molecule has 0 fully saturated rings. The van der Waals surface area contributed by atoms with Crippen LogP contribution in [0.5, 0.6) is 0 Å². The van der Waals surface area contributed by atoms with Crippen LogP contribution >= 0.6 is 11.6 Å². The zero-order valence-corrected chi connectivity index (χ0v) is 11.1. The van der Waals surface area contributed by atoms with Crippen LogP contribution in [0.2, 0.25) is 5.02 Å². The molecule has 5 heteroatoms. The highest BCUT2D eigenvalue weighted by molar-refractivity contribution is 6.31. The normalized spacial score (nSPS) is 11.9. The number of rotatable bonds is 5. The van der Waals surface area contributed by atoms with Crippen LogP contribution in [0.1, 0.15) is 25.3 Å². The molecule has 1 aromatic rings. The van der Waals surface area contributed by atoms with Gasteiger partial charge in [0.25, 0.3) is 0 Å². The summed E-state index contributed by atoms with van der Waals surface area (Å²) in [7, 11) is 0. The van der Waals surface area contributed by atoms with E-state index >= 15 is 0 Å². The number of carboxylic acid groups (broad SMARTS) is 1. The summed E-state index contributed by atoms with van der Waals surface area (Å²) < 4.78 is 0. The minimum absolute atomic E-state index is 0.0120. The highest BCUT2D eigenvalue weighted by atomic mass is 35.5. The molecule has 0 aromatic heterocycles. The molecule has 0 saturated carbocycles. The summed E-state index contributed by atoms with van der Waals surface area (Å²) in [4.78, 5) is 22.2. The molecule has 2 N–H and O–H groups in total. The number of carbonyl (C=O) groups is 2. The van der Waals surface area contributed by atoms with E-state index in [0.29, 0.717) is 10.7 Å². The molecule has 1 aromatic carbocycles. The Morgan fingerprint density at radius 1 is 1.39 bits per heavy atom. The third kappa shape index (κ3) is 4.37. The minimum Gasteiger partial charge on any atom is -0.481 e. The molecule has 0 spiro atoms. The van der Waals surface area contributed by atoms with Crippen molar-refractivity contribution in [2.45, 2.75) is 26.7 Å². The fourth-order valence-electron chi connectivity index (χ4n) is 1.63. The van der Waals surface area contributed by atoms with E-state index in [1.165, 1.54) is 0 Å². The van der Waals surface area contributed by atoms with Crippen LogP contribution in [-0.4, -0.2) is 17.0 Å². The van der Waals surface area contributed by atoms with Gasteiger partial charge in [-0.3, -0.25) is 9.59 Å². The second kappa shape index (κ2) is 6.40. The maximum atomic E-state index is 11.7. The van der Waals surface area contributed by atoms with Gasteiger partial charge in [0.2, 0.25) is 5.91 Å². The van der Waals surface area contributed by atoms with E-state index in [0.717, 1.165) is 5.56 Å². The quantitative estimate of drug-likeness (QED) is 0.863. The van der Waals surface area contributed by atoms with Crippen LogP contribution in [0.3, 0.4) is 0 Å². The number of amides is 1. The van der Waals surface area contributed by atoms with Crippen LogP contribution < -0.4 is 5.32 Å². The van der Waals surface area contributed by atoms with Crippen LogP contribution in [0, 0.1) is 12.8 Å². The number of benzene rings is 1. The lowest BCUT2D eigenvalue weighted by Gasteiger charge is -2.11. The molecule has 1 rings (SSSR count). The summed E-state index contributed by atoms with van der Waals surface area (Å²) in [5.74, 6) is -1.29. The maximum Gasteiger partial charge on any atom is 0.303 e. The first kappa shape index (κ1) is 14.5. The molecule has 0 bridgehead atoms. The summed E-state index contributed by atoms with van der Waals surface area (Å²) >= 11 is 5.94. The van der Waals surface area contributed by atoms with Crippen LogP contribution in [0.4, 0.5) is 5.69 Å². The van der Waals surface area contributed by atoms with E-state index in [1.807, 2.05) is 6.92 Å². The molecule has 18 heavy (non-hydrogen) atoms. The Bertz CT molecular complexity index is 460. The lowest BCUT2D eigenvalue weighted by Crippen LogP contribution is -2.17. The van der Waals surface area contributed by atoms with Crippen molar-refractivity contribution in [1.82, 2.24) is 0 Å². The summed E-state index contributed by atoms with van der Waals surface area (Å²) in [6, 6.07) is 5.27. The van der Waals surface area contributed by atoms with Crippen LogP contribution in [-0.2, 0) is 9.59 Å². The van der Waals surface area contributed by atoms with E-state index in [-0.39, 0.29) is 24.7 Å². The predicted octanol–water partition coefficient (Wildman–Crippen LogP) is 3.09. The second-order valence-corrected chi connectivity index (χ2v) is 4.77. The minimum atomic E-state index is -0.894. The summed E-state index contributed by atoms with van der Waals surface area (Å²) in [5.41, 5.74) is 1.47. The topological polar surface area (TPSA) is 66.4 Å². The molecule has 1 amide bonds. The van der Waals surface area contributed by atoms with Crippen LogP contribution in [0.15, 0.2) is 18.2 Å². The molecular weight excluding hydrogens is 254 g/mol. The SMILES string of the molecule is Cc1c(Cl)cccc1NC(=O)CC(C)CC(=O)O. The number of carboxylic acids is 1. The van der Waals surface area contributed by atoms with E-state index in [2.05, 4.69) is 5.32 Å². The zero-order chi connectivity index (χ0) is 13.7. The predicted molar refractivity (Wildman–Crippen MR) is 70.9 cm³/mol. The Kier molecular flexibility index (Phi) is 5.16. The Balaban J connectivity index is 2.59. The Morgan fingerprint density at radius 2 is 2.06 bits per heavy atom. The average Bonchev–Trinajstić information content (AvgIpc) is 2.23. The number of carbonyl (C=O) groups excluding carboxylic acids is 1. The molecule has 0 radical (unpaired) electrons. The Hall–Kier alpha value is -1.55. The third-order valence-electron chi connectivity index (χ3n) is 2.60. The van der Waals surface area contributed by atoms with Crippen LogP contribution in [0.25, 0.3) is 0 Å². The van der Waals surface area contributed by atoms with Gasteiger partial charge in [-0.05, 0) is 30.5 Å². The van der Waals surface area contributed by atoms with Crippen molar-refractivity contribution >= 4 is 29.2 Å². The van der Waals surface area contributed by atoms with Gasteiger partial charge in [-0.25, -0.2) is 0 Å². The zero-order valence-electron chi connectivity index (χ0n) is 10.4. The first-order valence-electron chi connectivity index (χ1n) is 5.67. The van der Waals surface area contributed by atoms with E-state index in [9.17, 15) is 9.59 Å². The fraction of sp³-hybridized carbons (Fsp3) is 0.385. The largest absolute Gasteiger partial charge is 0.481 e. The van der Waals surface area contributed by atoms with E-state index in [4.69, 9.17) is 16.7 Å². The van der Waals surface area contributed by atoms with Gasteiger partial charge in [0, 0.05) is 23.6 Å². The lowest BCUT2D eigenvalue weighted by atomic mass is 10.0. The number of hydrogen-bond donors (Lipinski definition) is 2. The van der Waals surface area contributed by atoms with Crippen molar-refractivity contribution in [1.29, 1.82) is 0 Å². The first-order valence-corrected chi connectivity index (χ1v) is 6.04. The smallest absolute Gasteiger partial charge is 0.303 e. The van der Waals surface area contributed by atoms with Gasteiger partial charge in [-0.2, -0.15) is 0 Å². The number of hydrogen-bond acceptors (Lipinski definition) is 2. The monoisotopic (exact) mass is 269 g/mol. The van der Waals surface area contributed by atoms with Crippen molar-refractivity contribution in [3.8, 4) is 0 Å². The summed E-state index contributed by atoms with van der Waals surface area (Å²) in [6.07, 6.45) is 0.167. The third-order valence-corrected chi connectivity index (χ3v) is 3.01. The molecule has 0 saturated heterocycles. The standard InChI is InChI=1S/C13H16ClNO3/c1-8(7-13(17)18)6-12(16)15-11-5-3-4-10(14)9(11)2/h3-5,8H,6-7H2,1-2H3,(H,15,16)(H,17,18). The average molecular weight is 270 g/mol. The van der Waals surface area contributed by atoms with Gasteiger partial charge >= 0.3 is 5.97 Å². The molecule has 0 aliphatic rings. The van der Waals surface area contributed by atoms with Crippen molar-refractivity contribution in [2.75, 3.05) is 5.32 Å². The van der Waals surface area contributed by atoms with Crippen molar-refractivity contribution in [3.05, 3.63) is 28.8 Å². The van der Waals surface area contributed by atoms with Gasteiger partial charge < -0.3 is 10.4 Å². The van der Waals surface area contributed by atoms with E-state index < -0.39 is 5.97 Å². The number of halogens is 1. The van der Waals surface area contributed by atoms with Gasteiger partial charge in [0.05, 0.1) is 0 Å². The molecule has 0 heterocycles. The Labute approximate surface area is 111 Å². The molecule has 0 aliphatic carbocycles. The second-order valence-electron chi connectivity index (χ2n) is 4.37. The summed E-state index contributed by atoms with van der Waals surface area (Å²) in [5, 5.41) is 11.9. The molecule has 4 nitrogen and oxygen atoms in total. The van der Waals surface area contributed by atoms with Gasteiger partial charge in [0.15, 0.2) is 0 Å². The first-order chi connectivity index (χ1) is 8.40. The van der Waals surface area contributed by atoms with Crippen molar-refractivity contribution in [3.63, 3.8) is 0 Å². The number of nitrogens with one attached hydrogen (secondary N) is 1. The molecule has 0 aliphatic heterocycles. The van der Waals surface area contributed by atoms with Gasteiger partial charge in [-0.15, -0.1) is 0 Å². The highest BCUT2D eigenvalue weighted by Crippen LogP contribution is 2.23. The van der Waals surface area contributed by atoms with Crippen molar-refractivity contribution in [2.24, 2.45) is 5.92 Å². The number of anilines is 1. The molecule has 1 unspecified atom stereocenters. The van der Waals surface area contributed by atoms with Gasteiger partial charge in [-0.1, -0.05) is 24.6 Å². The fourth-order valence-corrected chi connectivity index (χ4v) is 1.81. The Morgan fingerprint density at radius 3 is 2.67 bits per heavy atom. The maximum absolute atomic E-state index is 11.7. The van der Waals surface area contributed by atoms with Gasteiger partial charge in [0.1, 0.15) is 0 Å². The molecule has 98 valence electrons. The highest BCUT2D eigenvalue weighted by Gasteiger charge is 2.13. The van der Waals surface area contributed by atoms with E-state index in [1.54, 1.807) is 25.1 Å². The van der Waals surface area contributed by atoms with Crippen molar-refractivity contribution < 1.29 is 14.7 Å². The molecule has 1 atom stereocenters. The lowest BCUT2D eigenvalue weighted by molar-refractivity contribution is -0.138.